The van der Waals surface area contributed by atoms with E-state index in [1.165, 1.54) is 12.1 Å². The number of carbonyl (C=O) groups is 1. The molecule has 1 aromatic carbocycles. The van der Waals surface area contributed by atoms with Crippen LogP contribution in [-0.4, -0.2) is 17.5 Å². The minimum absolute atomic E-state index is 0.00491. The molecule has 0 atom stereocenters. The number of hydrogen-bond acceptors (Lipinski definition) is 4. The summed E-state index contributed by atoms with van der Waals surface area (Å²) in [5.74, 6) is -0.391. The van der Waals surface area contributed by atoms with Gasteiger partial charge in [-0.05, 0) is 12.1 Å². The Kier molecular flexibility index (Phi) is 2.68. The monoisotopic (exact) mass is 219 g/mol. The fraction of sp³-hybridized carbons (Fsp3) is 0.182. The van der Waals surface area contributed by atoms with Crippen molar-refractivity contribution in [2.24, 2.45) is 0 Å². The van der Waals surface area contributed by atoms with Crippen molar-refractivity contribution in [1.29, 1.82) is 0 Å². The lowest BCUT2D eigenvalue weighted by atomic mass is 10.1. The Hall–Kier alpha value is -2.17. The van der Waals surface area contributed by atoms with Crippen LogP contribution in [0.2, 0.25) is 0 Å². The molecule has 0 aliphatic carbocycles. The van der Waals surface area contributed by atoms with Crippen LogP contribution in [0, 0.1) is 10.1 Å². The summed E-state index contributed by atoms with van der Waals surface area (Å²) >= 11 is 0. The quantitative estimate of drug-likeness (QED) is 0.330. The minimum Gasteiger partial charge on any atom is -0.462 e. The van der Waals surface area contributed by atoms with Crippen molar-refractivity contribution in [3.63, 3.8) is 0 Å². The Labute approximate surface area is 91.5 Å². The second-order valence-corrected chi connectivity index (χ2v) is 3.37. The maximum absolute atomic E-state index is 11.2. The Morgan fingerprint density at radius 1 is 1.38 bits per heavy atom. The number of nitro groups is 1. The fourth-order valence-corrected chi connectivity index (χ4v) is 1.54. The largest absolute Gasteiger partial charge is 0.462 e. The van der Waals surface area contributed by atoms with E-state index in [9.17, 15) is 14.9 Å². The normalized spacial score (nSPS) is 17.5. The van der Waals surface area contributed by atoms with E-state index in [4.69, 9.17) is 4.74 Å². The molecular formula is C11H9NO4. The van der Waals surface area contributed by atoms with E-state index >= 15 is 0 Å². The van der Waals surface area contributed by atoms with E-state index in [2.05, 4.69) is 0 Å². The molecule has 1 fully saturated rings. The zero-order valence-corrected chi connectivity index (χ0v) is 8.38. The number of cyclic esters (lactones) is 1. The van der Waals surface area contributed by atoms with Crippen molar-refractivity contribution in [2.45, 2.75) is 6.42 Å². The van der Waals surface area contributed by atoms with E-state index in [0.717, 1.165) is 0 Å². The van der Waals surface area contributed by atoms with Gasteiger partial charge in [0.25, 0.3) is 5.69 Å². The Bertz CT molecular complexity index is 479. The molecule has 1 aliphatic rings. The van der Waals surface area contributed by atoms with Crippen LogP contribution in [0.4, 0.5) is 5.69 Å². The highest BCUT2D eigenvalue weighted by Crippen LogP contribution is 2.23. The Balaban J connectivity index is 2.41. The third-order valence-corrected chi connectivity index (χ3v) is 2.33. The van der Waals surface area contributed by atoms with Crippen LogP contribution in [0.5, 0.6) is 0 Å². The van der Waals surface area contributed by atoms with E-state index in [1.54, 1.807) is 18.2 Å². The van der Waals surface area contributed by atoms with Crippen LogP contribution in [0.15, 0.2) is 29.8 Å². The molecule has 0 unspecified atom stereocenters. The highest BCUT2D eigenvalue weighted by atomic mass is 16.6. The average molecular weight is 219 g/mol. The van der Waals surface area contributed by atoms with Gasteiger partial charge in [0, 0.05) is 18.1 Å². The lowest BCUT2D eigenvalue weighted by Crippen LogP contribution is -1.96. The Morgan fingerprint density at radius 3 is 2.75 bits per heavy atom. The number of benzene rings is 1. The third kappa shape index (κ3) is 1.93. The summed E-state index contributed by atoms with van der Waals surface area (Å²) in [6, 6.07) is 6.30. The van der Waals surface area contributed by atoms with Gasteiger partial charge in [-0.3, -0.25) is 10.1 Å². The molecule has 0 amide bonds. The zero-order chi connectivity index (χ0) is 11.5. The van der Waals surface area contributed by atoms with Crippen LogP contribution < -0.4 is 0 Å². The van der Waals surface area contributed by atoms with Crippen molar-refractivity contribution in [3.05, 3.63) is 45.5 Å². The summed E-state index contributed by atoms with van der Waals surface area (Å²) < 4.78 is 4.76. The number of rotatable bonds is 2. The molecule has 5 nitrogen and oxygen atoms in total. The van der Waals surface area contributed by atoms with Crippen LogP contribution in [0.3, 0.4) is 0 Å². The molecule has 5 heteroatoms. The van der Waals surface area contributed by atoms with Gasteiger partial charge in [0.05, 0.1) is 17.1 Å². The van der Waals surface area contributed by atoms with Gasteiger partial charge in [0.15, 0.2) is 0 Å². The lowest BCUT2D eigenvalue weighted by molar-refractivity contribution is -0.385. The third-order valence-electron chi connectivity index (χ3n) is 2.33. The van der Waals surface area contributed by atoms with E-state index in [-0.39, 0.29) is 5.69 Å². The second kappa shape index (κ2) is 4.14. The molecule has 0 saturated carbocycles. The first kappa shape index (κ1) is 10.4. The molecule has 0 bridgehead atoms. The lowest BCUT2D eigenvalue weighted by Gasteiger charge is -1.97. The van der Waals surface area contributed by atoms with Gasteiger partial charge in [-0.15, -0.1) is 0 Å². The number of nitro benzene ring substituents is 1. The van der Waals surface area contributed by atoms with Crippen LogP contribution in [0.25, 0.3) is 6.08 Å². The van der Waals surface area contributed by atoms with E-state index in [1.807, 2.05) is 0 Å². The topological polar surface area (TPSA) is 69.4 Å². The number of carbonyl (C=O) groups excluding carboxylic acids is 1. The molecule has 2 rings (SSSR count). The SMILES string of the molecule is O=C1OCCC1=Cc1ccccc1[N+](=O)[O-]. The molecule has 1 aliphatic heterocycles. The van der Waals surface area contributed by atoms with Gasteiger partial charge in [0.1, 0.15) is 0 Å². The standard InChI is InChI=1S/C11H9NO4/c13-11-9(5-6-16-11)7-8-3-1-2-4-10(8)12(14)15/h1-4,7H,5-6H2. The summed E-state index contributed by atoms with van der Waals surface area (Å²) in [7, 11) is 0. The van der Waals surface area contributed by atoms with E-state index < -0.39 is 10.9 Å². The number of hydrogen-bond donors (Lipinski definition) is 0. The molecule has 1 aromatic rings. The predicted octanol–water partition coefficient (Wildman–Crippen LogP) is 1.93. The first-order valence-electron chi connectivity index (χ1n) is 4.79. The molecule has 0 N–H and O–H groups in total. The first-order valence-corrected chi connectivity index (χ1v) is 4.79. The van der Waals surface area contributed by atoms with Crippen molar-refractivity contribution in [1.82, 2.24) is 0 Å². The van der Waals surface area contributed by atoms with Crippen molar-refractivity contribution < 1.29 is 14.5 Å². The zero-order valence-electron chi connectivity index (χ0n) is 8.38. The van der Waals surface area contributed by atoms with E-state index in [0.29, 0.717) is 24.2 Å². The molecule has 0 spiro atoms. The molecular weight excluding hydrogens is 210 g/mol. The van der Waals surface area contributed by atoms with Gasteiger partial charge < -0.3 is 4.74 Å². The van der Waals surface area contributed by atoms with Crippen LogP contribution in [0.1, 0.15) is 12.0 Å². The number of para-hydroxylation sites is 1. The maximum atomic E-state index is 11.2. The van der Waals surface area contributed by atoms with Gasteiger partial charge in [-0.2, -0.15) is 0 Å². The van der Waals surface area contributed by atoms with Crippen LogP contribution in [-0.2, 0) is 9.53 Å². The second-order valence-electron chi connectivity index (χ2n) is 3.37. The predicted molar refractivity (Wildman–Crippen MR) is 56.6 cm³/mol. The summed E-state index contributed by atoms with van der Waals surface area (Å²) in [6.07, 6.45) is 2.03. The molecule has 16 heavy (non-hydrogen) atoms. The van der Waals surface area contributed by atoms with Gasteiger partial charge in [-0.1, -0.05) is 12.1 Å². The highest BCUT2D eigenvalue weighted by molar-refractivity contribution is 5.95. The molecule has 1 saturated heterocycles. The summed E-state index contributed by atoms with van der Waals surface area (Å²) in [6.45, 7) is 0.352. The maximum Gasteiger partial charge on any atom is 0.334 e. The number of esters is 1. The summed E-state index contributed by atoms with van der Waals surface area (Å²) in [5.41, 5.74) is 0.908. The molecule has 0 radical (unpaired) electrons. The van der Waals surface area contributed by atoms with Crippen molar-refractivity contribution >= 4 is 17.7 Å². The number of ether oxygens (including phenoxy) is 1. The minimum atomic E-state index is -0.466. The van der Waals surface area contributed by atoms with Gasteiger partial charge >= 0.3 is 5.97 Å². The van der Waals surface area contributed by atoms with Crippen molar-refractivity contribution in [3.8, 4) is 0 Å². The summed E-state index contributed by atoms with van der Waals surface area (Å²) in [4.78, 5) is 21.5. The Morgan fingerprint density at radius 2 is 2.12 bits per heavy atom. The van der Waals surface area contributed by atoms with Crippen molar-refractivity contribution in [2.75, 3.05) is 6.61 Å². The molecule has 82 valence electrons. The molecule has 0 aromatic heterocycles. The first-order chi connectivity index (χ1) is 7.68. The average Bonchev–Trinajstić information content (AvgIpc) is 2.65. The van der Waals surface area contributed by atoms with Gasteiger partial charge in [0.2, 0.25) is 0 Å². The smallest absolute Gasteiger partial charge is 0.334 e. The van der Waals surface area contributed by atoms with Gasteiger partial charge in [-0.25, -0.2) is 4.79 Å². The fourth-order valence-electron chi connectivity index (χ4n) is 1.54. The van der Waals surface area contributed by atoms with Crippen LogP contribution >= 0.6 is 0 Å². The summed E-state index contributed by atoms with van der Waals surface area (Å²) in [5, 5.41) is 10.7. The number of nitrogens with zero attached hydrogens (tertiary/aromatic N) is 1. The molecule has 1 heterocycles. The highest BCUT2D eigenvalue weighted by Gasteiger charge is 2.20.